The lowest BCUT2D eigenvalue weighted by atomic mass is 10.0. The average molecular weight is 295 g/mol. The summed E-state index contributed by atoms with van der Waals surface area (Å²) in [7, 11) is -3.48. The number of benzene rings is 1. The molecular formula is C15H21NO3S. The van der Waals surface area contributed by atoms with Crippen molar-refractivity contribution in [1.29, 1.82) is 0 Å². The fourth-order valence-electron chi connectivity index (χ4n) is 2.55. The molecule has 1 unspecified atom stereocenters. The van der Waals surface area contributed by atoms with Crippen molar-refractivity contribution in [3.05, 3.63) is 29.8 Å². The van der Waals surface area contributed by atoms with Crippen LogP contribution in [0.25, 0.3) is 0 Å². The van der Waals surface area contributed by atoms with Crippen LogP contribution in [0.3, 0.4) is 0 Å². The van der Waals surface area contributed by atoms with E-state index >= 15 is 0 Å². The maximum Gasteiger partial charge on any atom is 0.243 e. The molecule has 1 aliphatic heterocycles. The quantitative estimate of drug-likeness (QED) is 0.803. The van der Waals surface area contributed by atoms with Crippen molar-refractivity contribution in [2.45, 2.75) is 38.0 Å². The van der Waals surface area contributed by atoms with Gasteiger partial charge in [0.1, 0.15) is 0 Å². The monoisotopic (exact) mass is 295 g/mol. The number of ketones is 1. The number of Topliss-reactive ketones (excluding diaryl/α,β-unsaturated/α-hetero) is 1. The summed E-state index contributed by atoms with van der Waals surface area (Å²) in [4.78, 5) is 11.9. The summed E-state index contributed by atoms with van der Waals surface area (Å²) in [6, 6.07) is 6.38. The van der Waals surface area contributed by atoms with Gasteiger partial charge < -0.3 is 0 Å². The molecule has 1 aliphatic rings. The van der Waals surface area contributed by atoms with Crippen molar-refractivity contribution in [3.63, 3.8) is 0 Å². The van der Waals surface area contributed by atoms with Gasteiger partial charge in [0.15, 0.2) is 5.78 Å². The number of carbonyl (C=O) groups excluding carboxylic acids is 1. The molecule has 1 aromatic carbocycles. The largest absolute Gasteiger partial charge is 0.294 e. The van der Waals surface area contributed by atoms with Crippen LogP contribution in [-0.4, -0.2) is 31.6 Å². The van der Waals surface area contributed by atoms with E-state index in [4.69, 9.17) is 0 Å². The smallest absolute Gasteiger partial charge is 0.243 e. The topological polar surface area (TPSA) is 54.5 Å². The van der Waals surface area contributed by atoms with E-state index in [-0.39, 0.29) is 10.7 Å². The minimum absolute atomic E-state index is 0.0333. The van der Waals surface area contributed by atoms with Gasteiger partial charge in [-0.25, -0.2) is 8.42 Å². The fraction of sp³-hybridized carbons (Fsp3) is 0.533. The van der Waals surface area contributed by atoms with Gasteiger partial charge in [-0.2, -0.15) is 4.31 Å². The normalized spacial score (nSPS) is 20.8. The second-order valence-corrected chi connectivity index (χ2v) is 7.35. The molecule has 4 nitrogen and oxygen atoms in total. The first-order valence-corrected chi connectivity index (χ1v) is 8.52. The summed E-state index contributed by atoms with van der Waals surface area (Å²) in [6.07, 6.45) is 2.35. The third kappa shape index (κ3) is 3.10. The lowest BCUT2D eigenvalue weighted by Gasteiger charge is -2.30. The van der Waals surface area contributed by atoms with Crippen LogP contribution in [0.4, 0.5) is 0 Å². The highest BCUT2D eigenvalue weighted by Gasteiger charge is 2.28. The predicted octanol–water partition coefficient (Wildman–Crippen LogP) is 2.70. The molecule has 0 spiro atoms. The molecule has 0 saturated carbocycles. The van der Waals surface area contributed by atoms with Gasteiger partial charge in [0, 0.05) is 25.1 Å². The standard InChI is InChI=1S/C15H21NO3S/c1-3-15(17)13-7-4-8-14(10-13)20(18,19)16-9-5-6-12(2)11-16/h4,7-8,10,12H,3,5-6,9,11H2,1-2H3. The molecule has 1 atom stereocenters. The van der Waals surface area contributed by atoms with Crippen LogP contribution in [-0.2, 0) is 10.0 Å². The van der Waals surface area contributed by atoms with Gasteiger partial charge in [0.2, 0.25) is 10.0 Å². The maximum atomic E-state index is 12.6. The molecule has 0 aromatic heterocycles. The third-order valence-corrected chi connectivity index (χ3v) is 5.60. The van der Waals surface area contributed by atoms with Crippen LogP contribution < -0.4 is 0 Å². The Bertz CT molecular complexity index is 595. The van der Waals surface area contributed by atoms with E-state index in [9.17, 15) is 13.2 Å². The zero-order valence-electron chi connectivity index (χ0n) is 12.0. The van der Waals surface area contributed by atoms with Crippen LogP contribution in [0.2, 0.25) is 0 Å². The molecule has 1 aromatic rings. The molecule has 110 valence electrons. The molecule has 0 bridgehead atoms. The summed E-state index contributed by atoms with van der Waals surface area (Å²) >= 11 is 0. The van der Waals surface area contributed by atoms with Gasteiger partial charge in [-0.05, 0) is 30.9 Å². The van der Waals surface area contributed by atoms with Crippen LogP contribution >= 0.6 is 0 Å². The zero-order chi connectivity index (χ0) is 14.8. The molecule has 1 fully saturated rings. The number of carbonyl (C=O) groups is 1. The number of sulfonamides is 1. The Kier molecular flexibility index (Phi) is 4.60. The first kappa shape index (κ1) is 15.2. The Hall–Kier alpha value is -1.20. The Morgan fingerprint density at radius 3 is 2.80 bits per heavy atom. The first-order chi connectivity index (χ1) is 9.45. The number of hydrogen-bond acceptors (Lipinski definition) is 3. The highest BCUT2D eigenvalue weighted by molar-refractivity contribution is 7.89. The molecule has 1 saturated heterocycles. The number of rotatable bonds is 4. The van der Waals surface area contributed by atoms with Crippen molar-refractivity contribution in [1.82, 2.24) is 4.31 Å². The molecule has 0 aliphatic carbocycles. The van der Waals surface area contributed by atoms with Crippen molar-refractivity contribution in [2.24, 2.45) is 5.92 Å². The summed E-state index contributed by atoms with van der Waals surface area (Å²) < 4.78 is 26.8. The van der Waals surface area contributed by atoms with E-state index in [0.29, 0.717) is 31.0 Å². The molecule has 1 heterocycles. The predicted molar refractivity (Wildman–Crippen MR) is 78.2 cm³/mol. The number of nitrogens with zero attached hydrogens (tertiary/aromatic N) is 1. The van der Waals surface area contributed by atoms with E-state index in [1.165, 1.54) is 10.4 Å². The molecule has 5 heteroatoms. The lowest BCUT2D eigenvalue weighted by Crippen LogP contribution is -2.39. The van der Waals surface area contributed by atoms with E-state index in [1.54, 1.807) is 25.1 Å². The Morgan fingerprint density at radius 1 is 1.40 bits per heavy atom. The first-order valence-electron chi connectivity index (χ1n) is 7.08. The Labute approximate surface area is 120 Å². The van der Waals surface area contributed by atoms with Gasteiger partial charge in [-0.15, -0.1) is 0 Å². The van der Waals surface area contributed by atoms with Crippen LogP contribution in [0.1, 0.15) is 43.5 Å². The number of hydrogen-bond donors (Lipinski definition) is 0. The molecule has 0 N–H and O–H groups in total. The van der Waals surface area contributed by atoms with E-state index < -0.39 is 10.0 Å². The van der Waals surface area contributed by atoms with Crippen molar-refractivity contribution < 1.29 is 13.2 Å². The van der Waals surface area contributed by atoms with E-state index in [2.05, 4.69) is 6.92 Å². The molecular weight excluding hydrogens is 274 g/mol. The van der Waals surface area contributed by atoms with Gasteiger partial charge >= 0.3 is 0 Å². The van der Waals surface area contributed by atoms with E-state index in [0.717, 1.165) is 12.8 Å². The van der Waals surface area contributed by atoms with Crippen LogP contribution in [0.15, 0.2) is 29.2 Å². The van der Waals surface area contributed by atoms with E-state index in [1.807, 2.05) is 0 Å². The minimum Gasteiger partial charge on any atom is -0.294 e. The summed E-state index contributed by atoms with van der Waals surface area (Å²) in [5, 5.41) is 0. The Balaban J connectivity index is 2.32. The molecule has 20 heavy (non-hydrogen) atoms. The third-order valence-electron chi connectivity index (χ3n) is 3.73. The second kappa shape index (κ2) is 6.06. The Morgan fingerprint density at radius 2 is 2.15 bits per heavy atom. The molecule has 0 amide bonds. The van der Waals surface area contributed by atoms with Crippen LogP contribution in [0.5, 0.6) is 0 Å². The highest BCUT2D eigenvalue weighted by Crippen LogP contribution is 2.24. The van der Waals surface area contributed by atoms with Gasteiger partial charge in [-0.3, -0.25) is 4.79 Å². The number of piperidine rings is 1. The zero-order valence-corrected chi connectivity index (χ0v) is 12.8. The summed E-state index contributed by atoms with van der Waals surface area (Å²) in [6.45, 7) is 4.97. The lowest BCUT2D eigenvalue weighted by molar-refractivity contribution is 0.0988. The second-order valence-electron chi connectivity index (χ2n) is 5.42. The minimum atomic E-state index is -3.48. The summed E-state index contributed by atoms with van der Waals surface area (Å²) in [5.41, 5.74) is 0.471. The van der Waals surface area contributed by atoms with Crippen molar-refractivity contribution in [3.8, 4) is 0 Å². The maximum absolute atomic E-state index is 12.6. The molecule has 0 radical (unpaired) electrons. The SMILES string of the molecule is CCC(=O)c1cccc(S(=O)(=O)N2CCCC(C)C2)c1. The average Bonchev–Trinajstić information content (AvgIpc) is 2.46. The molecule has 2 rings (SSSR count). The highest BCUT2D eigenvalue weighted by atomic mass is 32.2. The van der Waals surface area contributed by atoms with Gasteiger partial charge in [0.25, 0.3) is 0 Å². The van der Waals surface area contributed by atoms with Crippen molar-refractivity contribution in [2.75, 3.05) is 13.1 Å². The van der Waals surface area contributed by atoms with Gasteiger partial charge in [-0.1, -0.05) is 26.0 Å². The van der Waals surface area contributed by atoms with Crippen LogP contribution in [0, 0.1) is 5.92 Å². The fourth-order valence-corrected chi connectivity index (χ4v) is 4.19. The van der Waals surface area contributed by atoms with Crippen molar-refractivity contribution >= 4 is 15.8 Å². The summed E-state index contributed by atoms with van der Waals surface area (Å²) in [5.74, 6) is 0.355. The van der Waals surface area contributed by atoms with Gasteiger partial charge in [0.05, 0.1) is 4.90 Å².